The van der Waals surface area contributed by atoms with E-state index in [4.69, 9.17) is 16.3 Å². The molecular formula is C7H10ClNO3. The van der Waals surface area contributed by atoms with Gasteiger partial charge in [0.2, 0.25) is 5.78 Å². The van der Waals surface area contributed by atoms with Gasteiger partial charge in [-0.3, -0.25) is 9.59 Å². The fraction of sp³-hybridized carbons (Fsp3) is 0.714. The molecule has 12 heavy (non-hydrogen) atoms. The van der Waals surface area contributed by atoms with E-state index in [0.717, 1.165) is 0 Å². The molecule has 0 N–H and O–H groups in total. The fourth-order valence-corrected chi connectivity index (χ4v) is 1.11. The van der Waals surface area contributed by atoms with Gasteiger partial charge in [-0.25, -0.2) is 0 Å². The molecule has 0 aromatic heterocycles. The van der Waals surface area contributed by atoms with Crippen molar-refractivity contribution >= 4 is 23.3 Å². The highest BCUT2D eigenvalue weighted by molar-refractivity contribution is 6.46. The number of alkyl halides is 1. The summed E-state index contributed by atoms with van der Waals surface area (Å²) in [5.74, 6) is -1.28. The van der Waals surface area contributed by atoms with E-state index in [9.17, 15) is 9.59 Å². The average molecular weight is 192 g/mol. The quantitative estimate of drug-likeness (QED) is 0.443. The third-order valence-corrected chi connectivity index (χ3v) is 1.90. The van der Waals surface area contributed by atoms with Crippen molar-refractivity contribution in [3.05, 3.63) is 0 Å². The second-order valence-electron chi connectivity index (χ2n) is 2.46. The first-order valence-electron chi connectivity index (χ1n) is 3.71. The number of rotatable bonds is 2. The number of ether oxygens (including phenoxy) is 1. The van der Waals surface area contributed by atoms with Crippen LogP contribution in [0.4, 0.5) is 0 Å². The summed E-state index contributed by atoms with van der Waals surface area (Å²) in [4.78, 5) is 23.5. The number of carbonyl (C=O) groups excluding carboxylic acids is 2. The van der Waals surface area contributed by atoms with Crippen LogP contribution >= 0.6 is 11.6 Å². The molecule has 0 aromatic carbocycles. The first-order chi connectivity index (χ1) is 5.75. The van der Waals surface area contributed by atoms with Crippen molar-refractivity contribution in [2.75, 3.05) is 32.2 Å². The van der Waals surface area contributed by atoms with Gasteiger partial charge in [-0.05, 0) is 0 Å². The van der Waals surface area contributed by atoms with Crippen molar-refractivity contribution < 1.29 is 14.3 Å². The van der Waals surface area contributed by atoms with E-state index < -0.39 is 11.7 Å². The topological polar surface area (TPSA) is 46.6 Å². The van der Waals surface area contributed by atoms with E-state index in [0.29, 0.717) is 26.3 Å². The molecule has 0 atom stereocenters. The van der Waals surface area contributed by atoms with E-state index >= 15 is 0 Å². The van der Waals surface area contributed by atoms with Gasteiger partial charge < -0.3 is 9.64 Å². The van der Waals surface area contributed by atoms with Crippen molar-refractivity contribution in [3.8, 4) is 0 Å². The van der Waals surface area contributed by atoms with Gasteiger partial charge in [-0.1, -0.05) is 0 Å². The highest BCUT2D eigenvalue weighted by Crippen LogP contribution is 1.98. The minimum Gasteiger partial charge on any atom is -0.378 e. The standard InChI is InChI=1S/C7H10ClNO3/c8-5-6(10)7(11)9-1-3-12-4-2-9/h1-5H2. The molecule has 1 amide bonds. The van der Waals surface area contributed by atoms with Crippen LogP contribution in [0.3, 0.4) is 0 Å². The van der Waals surface area contributed by atoms with Gasteiger partial charge in [0, 0.05) is 13.1 Å². The van der Waals surface area contributed by atoms with E-state index in [2.05, 4.69) is 0 Å². The Morgan fingerprint density at radius 2 is 1.92 bits per heavy atom. The van der Waals surface area contributed by atoms with Crippen LogP contribution in [0.15, 0.2) is 0 Å². The molecule has 0 spiro atoms. The molecule has 1 fully saturated rings. The predicted molar refractivity (Wildman–Crippen MR) is 43.1 cm³/mol. The molecule has 0 saturated carbocycles. The zero-order valence-electron chi connectivity index (χ0n) is 6.59. The lowest BCUT2D eigenvalue weighted by atomic mass is 10.3. The van der Waals surface area contributed by atoms with Crippen molar-refractivity contribution in [1.29, 1.82) is 0 Å². The van der Waals surface area contributed by atoms with E-state index in [-0.39, 0.29) is 5.88 Å². The van der Waals surface area contributed by atoms with Gasteiger partial charge in [-0.15, -0.1) is 11.6 Å². The van der Waals surface area contributed by atoms with Gasteiger partial charge in [-0.2, -0.15) is 0 Å². The molecular weight excluding hydrogens is 182 g/mol. The monoisotopic (exact) mass is 191 g/mol. The zero-order valence-corrected chi connectivity index (χ0v) is 7.34. The summed E-state index contributed by atoms with van der Waals surface area (Å²) in [5.41, 5.74) is 0. The Kier molecular flexibility index (Phi) is 3.49. The summed E-state index contributed by atoms with van der Waals surface area (Å²) in [6.45, 7) is 1.98. The Balaban J connectivity index is 2.45. The first kappa shape index (κ1) is 9.48. The van der Waals surface area contributed by atoms with Crippen LogP contribution in [0.1, 0.15) is 0 Å². The van der Waals surface area contributed by atoms with E-state index in [1.165, 1.54) is 4.90 Å². The van der Waals surface area contributed by atoms with Crippen LogP contribution in [-0.2, 0) is 14.3 Å². The summed E-state index contributed by atoms with van der Waals surface area (Å²) in [6.07, 6.45) is 0. The Labute approximate surface area is 75.4 Å². The van der Waals surface area contributed by atoms with Gasteiger partial charge in [0.15, 0.2) is 0 Å². The second kappa shape index (κ2) is 4.42. The first-order valence-corrected chi connectivity index (χ1v) is 4.25. The average Bonchev–Trinajstić information content (AvgIpc) is 2.17. The number of hydrogen-bond donors (Lipinski definition) is 0. The van der Waals surface area contributed by atoms with Crippen molar-refractivity contribution in [3.63, 3.8) is 0 Å². The molecule has 0 unspecified atom stereocenters. The molecule has 0 radical (unpaired) electrons. The lowest BCUT2D eigenvalue weighted by molar-refractivity contribution is -0.146. The highest BCUT2D eigenvalue weighted by Gasteiger charge is 2.22. The SMILES string of the molecule is O=C(CCl)C(=O)N1CCOCC1. The number of halogens is 1. The van der Waals surface area contributed by atoms with Gasteiger partial charge in [0.1, 0.15) is 0 Å². The third-order valence-electron chi connectivity index (χ3n) is 1.66. The van der Waals surface area contributed by atoms with Crippen molar-refractivity contribution in [1.82, 2.24) is 4.90 Å². The Morgan fingerprint density at radius 1 is 1.33 bits per heavy atom. The maximum Gasteiger partial charge on any atom is 0.291 e. The van der Waals surface area contributed by atoms with Crippen LogP contribution in [0.5, 0.6) is 0 Å². The van der Waals surface area contributed by atoms with Crippen LogP contribution in [0, 0.1) is 0 Å². The molecule has 4 nitrogen and oxygen atoms in total. The maximum atomic E-state index is 11.2. The normalized spacial score (nSPS) is 17.6. The molecule has 1 rings (SSSR count). The van der Waals surface area contributed by atoms with Crippen LogP contribution < -0.4 is 0 Å². The zero-order chi connectivity index (χ0) is 8.97. The van der Waals surface area contributed by atoms with Crippen molar-refractivity contribution in [2.45, 2.75) is 0 Å². The summed E-state index contributed by atoms with van der Waals surface area (Å²) >= 11 is 5.24. The predicted octanol–water partition coefficient (Wildman–Crippen LogP) is -0.347. The Bertz CT molecular complexity index is 189. The minimum absolute atomic E-state index is 0.240. The van der Waals surface area contributed by atoms with Crippen molar-refractivity contribution in [2.24, 2.45) is 0 Å². The molecule has 68 valence electrons. The van der Waals surface area contributed by atoms with Crippen LogP contribution in [0.25, 0.3) is 0 Å². The number of nitrogens with zero attached hydrogens (tertiary/aromatic N) is 1. The molecule has 0 bridgehead atoms. The maximum absolute atomic E-state index is 11.2. The number of carbonyl (C=O) groups is 2. The van der Waals surface area contributed by atoms with Crippen LogP contribution in [0.2, 0.25) is 0 Å². The number of ketones is 1. The number of morpholine rings is 1. The molecule has 0 aromatic rings. The molecule has 5 heteroatoms. The van der Waals surface area contributed by atoms with Crippen LogP contribution in [-0.4, -0.2) is 48.8 Å². The largest absolute Gasteiger partial charge is 0.378 e. The second-order valence-corrected chi connectivity index (χ2v) is 2.73. The van der Waals surface area contributed by atoms with Gasteiger partial charge in [0.25, 0.3) is 5.91 Å². The van der Waals surface area contributed by atoms with E-state index in [1.54, 1.807) is 0 Å². The molecule has 1 heterocycles. The summed E-state index contributed by atoms with van der Waals surface area (Å²) < 4.78 is 5.03. The lowest BCUT2D eigenvalue weighted by Gasteiger charge is -2.25. The molecule has 1 aliphatic rings. The summed E-state index contributed by atoms with van der Waals surface area (Å²) in [5, 5.41) is 0. The smallest absolute Gasteiger partial charge is 0.291 e. The number of amides is 1. The summed E-state index contributed by atoms with van der Waals surface area (Å²) in [7, 11) is 0. The Hall–Kier alpha value is -0.610. The molecule has 0 aliphatic carbocycles. The number of hydrogen-bond acceptors (Lipinski definition) is 3. The Morgan fingerprint density at radius 3 is 2.42 bits per heavy atom. The van der Waals surface area contributed by atoms with Gasteiger partial charge >= 0.3 is 0 Å². The number of Topliss-reactive ketones (excluding diaryl/α,β-unsaturated/α-hetero) is 1. The summed E-state index contributed by atoms with van der Waals surface area (Å²) in [6, 6.07) is 0. The van der Waals surface area contributed by atoms with E-state index in [1.807, 2.05) is 0 Å². The fourth-order valence-electron chi connectivity index (χ4n) is 1.000. The minimum atomic E-state index is -0.543. The molecule has 1 aliphatic heterocycles. The highest BCUT2D eigenvalue weighted by atomic mass is 35.5. The third kappa shape index (κ3) is 2.19. The lowest BCUT2D eigenvalue weighted by Crippen LogP contribution is -2.44. The van der Waals surface area contributed by atoms with Gasteiger partial charge in [0.05, 0.1) is 19.1 Å². The molecule has 1 saturated heterocycles.